The number of aliphatic hydroxyl groups excluding tert-OH is 1. The number of benzene rings is 2. The van der Waals surface area contributed by atoms with Crippen molar-refractivity contribution in [1.29, 1.82) is 0 Å². The highest BCUT2D eigenvalue weighted by atomic mass is 32.2. The summed E-state index contributed by atoms with van der Waals surface area (Å²) in [7, 11) is -2.00. The molecule has 0 aliphatic rings. The van der Waals surface area contributed by atoms with Crippen molar-refractivity contribution < 1.29 is 13.5 Å². The number of aliphatic hydroxyl groups is 1. The molecule has 0 amide bonds. The monoisotopic (exact) mass is 334 g/mol. The molecule has 6 heteroatoms. The van der Waals surface area contributed by atoms with Gasteiger partial charge in [-0.3, -0.25) is 0 Å². The molecular formula is C17H22N2O3S. The van der Waals surface area contributed by atoms with Gasteiger partial charge in [0.05, 0.1) is 4.90 Å². The van der Waals surface area contributed by atoms with Crippen LogP contribution < -0.4 is 10.0 Å². The molecular weight excluding hydrogens is 312 g/mol. The smallest absolute Gasteiger partial charge is 0.240 e. The molecule has 124 valence electrons. The van der Waals surface area contributed by atoms with Crippen molar-refractivity contribution in [2.75, 3.05) is 19.0 Å². The molecule has 0 saturated heterocycles. The fourth-order valence-electron chi connectivity index (χ4n) is 2.28. The van der Waals surface area contributed by atoms with E-state index in [1.165, 1.54) is 7.05 Å². The molecule has 3 N–H and O–H groups in total. The van der Waals surface area contributed by atoms with E-state index in [1.54, 1.807) is 12.1 Å². The third-order valence-electron chi connectivity index (χ3n) is 3.70. The maximum Gasteiger partial charge on any atom is 0.240 e. The Bertz CT molecular complexity index is 725. The Morgan fingerprint density at radius 2 is 1.65 bits per heavy atom. The second-order valence-corrected chi connectivity index (χ2v) is 7.20. The van der Waals surface area contributed by atoms with Gasteiger partial charge in [0.2, 0.25) is 10.0 Å². The Morgan fingerprint density at radius 1 is 1.04 bits per heavy atom. The molecule has 0 aliphatic heterocycles. The van der Waals surface area contributed by atoms with Gasteiger partial charge in [0.25, 0.3) is 0 Å². The lowest BCUT2D eigenvalue weighted by Crippen LogP contribution is -2.18. The van der Waals surface area contributed by atoms with Gasteiger partial charge in [-0.05, 0) is 55.8 Å². The highest BCUT2D eigenvalue weighted by Gasteiger charge is 2.12. The molecule has 2 aromatic carbocycles. The zero-order chi connectivity index (χ0) is 16.9. The van der Waals surface area contributed by atoms with Gasteiger partial charge in [0, 0.05) is 18.3 Å². The summed E-state index contributed by atoms with van der Waals surface area (Å²) in [5.41, 5.74) is 3.07. The molecule has 2 aromatic rings. The van der Waals surface area contributed by atoms with E-state index in [9.17, 15) is 8.42 Å². The van der Waals surface area contributed by atoms with Crippen molar-refractivity contribution in [3.05, 3.63) is 59.7 Å². The van der Waals surface area contributed by atoms with Crippen molar-refractivity contribution in [3.63, 3.8) is 0 Å². The average Bonchev–Trinajstić information content (AvgIpc) is 2.57. The molecule has 0 bridgehead atoms. The van der Waals surface area contributed by atoms with Crippen molar-refractivity contribution in [2.24, 2.45) is 0 Å². The topological polar surface area (TPSA) is 78.4 Å². The first-order chi connectivity index (χ1) is 11.0. The summed E-state index contributed by atoms with van der Waals surface area (Å²) in [4.78, 5) is 0.254. The standard InChI is InChI=1S/C17H22N2O3S/c1-13(19-16-7-3-14(4-8-16)11-12-20)15-5-9-17(10-6-15)23(21,22)18-2/h3-10,13,18-20H,11-12H2,1-2H3/t13-/m1/s1. The van der Waals surface area contributed by atoms with Crippen molar-refractivity contribution >= 4 is 15.7 Å². The zero-order valence-corrected chi connectivity index (χ0v) is 14.1. The summed E-state index contributed by atoms with van der Waals surface area (Å²) < 4.78 is 25.7. The van der Waals surface area contributed by atoms with E-state index < -0.39 is 10.0 Å². The molecule has 5 nitrogen and oxygen atoms in total. The first-order valence-corrected chi connectivity index (χ1v) is 8.94. The Kier molecular flexibility index (Phi) is 5.76. The lowest BCUT2D eigenvalue weighted by atomic mass is 10.1. The van der Waals surface area contributed by atoms with Gasteiger partial charge in [0.1, 0.15) is 0 Å². The van der Waals surface area contributed by atoms with Crippen molar-refractivity contribution in [3.8, 4) is 0 Å². The summed E-state index contributed by atoms with van der Waals surface area (Å²) in [5.74, 6) is 0. The Morgan fingerprint density at radius 3 is 2.17 bits per heavy atom. The summed E-state index contributed by atoms with van der Waals surface area (Å²) in [5, 5.41) is 12.3. The van der Waals surface area contributed by atoms with Gasteiger partial charge in [0.15, 0.2) is 0 Å². The molecule has 0 fully saturated rings. The first-order valence-electron chi connectivity index (χ1n) is 7.46. The van der Waals surface area contributed by atoms with Crippen LogP contribution in [0.15, 0.2) is 53.4 Å². The predicted octanol–water partition coefficient (Wildman–Crippen LogP) is 2.30. The summed E-state index contributed by atoms with van der Waals surface area (Å²) >= 11 is 0. The molecule has 0 aromatic heterocycles. The summed E-state index contributed by atoms with van der Waals surface area (Å²) in [6, 6.07) is 14.8. The maximum absolute atomic E-state index is 11.7. The van der Waals surface area contributed by atoms with Crippen LogP contribution in [0.1, 0.15) is 24.1 Å². The Balaban J connectivity index is 2.07. The number of hydrogen-bond acceptors (Lipinski definition) is 4. The summed E-state index contributed by atoms with van der Waals surface area (Å²) in [6.07, 6.45) is 0.650. The largest absolute Gasteiger partial charge is 0.396 e. The zero-order valence-electron chi connectivity index (χ0n) is 13.3. The van der Waals surface area contributed by atoms with Gasteiger partial charge >= 0.3 is 0 Å². The second kappa shape index (κ2) is 7.59. The van der Waals surface area contributed by atoms with Crippen LogP contribution >= 0.6 is 0 Å². The van der Waals surface area contributed by atoms with Gasteiger partial charge in [-0.2, -0.15) is 0 Å². The molecule has 0 radical (unpaired) electrons. The minimum atomic E-state index is -3.40. The second-order valence-electron chi connectivity index (χ2n) is 5.31. The van der Waals surface area contributed by atoms with Crippen LogP contribution in [0, 0.1) is 0 Å². The third kappa shape index (κ3) is 4.54. The number of hydrogen-bond donors (Lipinski definition) is 3. The van der Waals surface area contributed by atoms with Crippen LogP contribution in [0.5, 0.6) is 0 Å². The molecule has 0 aliphatic carbocycles. The van der Waals surface area contributed by atoms with E-state index in [-0.39, 0.29) is 17.5 Å². The van der Waals surface area contributed by atoms with Crippen LogP contribution in [0.3, 0.4) is 0 Å². The van der Waals surface area contributed by atoms with Gasteiger partial charge in [-0.1, -0.05) is 24.3 Å². The molecule has 2 rings (SSSR count). The highest BCUT2D eigenvalue weighted by Crippen LogP contribution is 2.21. The molecule has 23 heavy (non-hydrogen) atoms. The fourth-order valence-corrected chi connectivity index (χ4v) is 3.01. The van der Waals surface area contributed by atoms with Gasteiger partial charge in [-0.15, -0.1) is 0 Å². The quantitative estimate of drug-likeness (QED) is 0.726. The first kappa shape index (κ1) is 17.5. The number of sulfonamides is 1. The summed E-state index contributed by atoms with van der Waals surface area (Å²) in [6.45, 7) is 2.16. The highest BCUT2D eigenvalue weighted by molar-refractivity contribution is 7.89. The van der Waals surface area contributed by atoms with Crippen LogP contribution in [-0.2, 0) is 16.4 Å². The third-order valence-corrected chi connectivity index (χ3v) is 5.13. The van der Waals surface area contributed by atoms with E-state index in [2.05, 4.69) is 10.0 Å². The van der Waals surface area contributed by atoms with Gasteiger partial charge < -0.3 is 10.4 Å². The molecule has 0 unspecified atom stereocenters. The van der Waals surface area contributed by atoms with Crippen molar-refractivity contribution in [1.82, 2.24) is 4.72 Å². The molecule has 0 spiro atoms. The van der Waals surface area contributed by atoms with E-state index >= 15 is 0 Å². The number of nitrogens with one attached hydrogen (secondary N) is 2. The number of rotatable bonds is 7. The molecule has 1 atom stereocenters. The van der Waals surface area contributed by atoms with Crippen LogP contribution in [0.2, 0.25) is 0 Å². The normalized spacial score (nSPS) is 12.8. The number of anilines is 1. The van der Waals surface area contributed by atoms with Crippen LogP contribution in [0.25, 0.3) is 0 Å². The predicted molar refractivity (Wildman–Crippen MR) is 92.0 cm³/mol. The van der Waals surface area contributed by atoms with E-state index in [0.717, 1.165) is 16.8 Å². The minimum Gasteiger partial charge on any atom is -0.396 e. The average molecular weight is 334 g/mol. The van der Waals surface area contributed by atoms with Crippen LogP contribution in [-0.4, -0.2) is 27.2 Å². The van der Waals surface area contributed by atoms with E-state index in [0.29, 0.717) is 6.42 Å². The molecule has 0 heterocycles. The Labute approximate surface area is 137 Å². The molecule has 0 saturated carbocycles. The lowest BCUT2D eigenvalue weighted by Gasteiger charge is -2.16. The van der Waals surface area contributed by atoms with E-state index in [1.807, 2.05) is 43.3 Å². The lowest BCUT2D eigenvalue weighted by molar-refractivity contribution is 0.299. The van der Waals surface area contributed by atoms with E-state index in [4.69, 9.17) is 5.11 Å². The Hall–Kier alpha value is -1.89. The fraction of sp³-hybridized carbons (Fsp3) is 0.294. The van der Waals surface area contributed by atoms with Crippen molar-refractivity contribution in [2.45, 2.75) is 24.3 Å². The maximum atomic E-state index is 11.7. The van der Waals surface area contributed by atoms with Gasteiger partial charge in [-0.25, -0.2) is 13.1 Å². The SMILES string of the molecule is CNS(=O)(=O)c1ccc([C@@H](C)Nc2ccc(CCO)cc2)cc1. The minimum absolute atomic E-state index is 0.0463. The van der Waals surface area contributed by atoms with Crippen LogP contribution in [0.4, 0.5) is 5.69 Å².